The van der Waals surface area contributed by atoms with Crippen molar-refractivity contribution in [1.29, 1.82) is 10.5 Å². The van der Waals surface area contributed by atoms with Crippen LogP contribution in [0.15, 0.2) is 93.8 Å². The Hall–Kier alpha value is -6.74. The average molecular weight is 539 g/mol. The van der Waals surface area contributed by atoms with Gasteiger partial charge in [-0.3, -0.25) is 0 Å². The van der Waals surface area contributed by atoms with Crippen molar-refractivity contribution in [2.24, 2.45) is 0 Å². The van der Waals surface area contributed by atoms with Gasteiger partial charge in [-0.05, 0) is 46.2 Å². The number of nitriles is 2. The predicted molar refractivity (Wildman–Crippen MR) is 158 cm³/mol. The van der Waals surface area contributed by atoms with E-state index in [2.05, 4.69) is 19.7 Å². The lowest BCUT2D eigenvalue weighted by Crippen LogP contribution is -2.02. The summed E-state index contributed by atoms with van der Waals surface area (Å²) in [7, 11) is 0. The smallest absolute Gasteiger partial charge is 0.322 e. The molecule has 0 aliphatic heterocycles. The second kappa shape index (κ2) is 9.47. The molecule has 0 aliphatic rings. The summed E-state index contributed by atoms with van der Waals surface area (Å²) in [6.45, 7) is 14.8. The summed E-state index contributed by atoms with van der Waals surface area (Å²) in [4.78, 5) is 15.8. The molecule has 7 rings (SSSR count). The fraction of sp³-hybridized carbons (Fsp3) is 0. The summed E-state index contributed by atoms with van der Waals surface area (Å²) in [6, 6.07) is 31.1. The van der Waals surface area contributed by atoms with Gasteiger partial charge < -0.3 is 8.83 Å². The van der Waals surface area contributed by atoms with Crippen molar-refractivity contribution < 1.29 is 8.83 Å². The quantitative estimate of drug-likeness (QED) is 0.179. The average Bonchev–Trinajstić information content (AvgIpc) is 3.68. The minimum atomic E-state index is -0.243. The summed E-state index contributed by atoms with van der Waals surface area (Å²) < 4.78 is 12.2. The van der Waals surface area contributed by atoms with E-state index in [1.807, 2.05) is 97.1 Å². The van der Waals surface area contributed by atoms with E-state index in [1.54, 1.807) is 0 Å². The third-order valence-corrected chi connectivity index (χ3v) is 7.09. The largest absolute Gasteiger partial charge is 0.445 e. The number of aromatic nitrogens is 2. The summed E-state index contributed by atoms with van der Waals surface area (Å²) in [6.07, 6.45) is 0. The first-order valence-electron chi connectivity index (χ1n) is 12.7. The molecule has 0 bridgehead atoms. The summed E-state index contributed by atoms with van der Waals surface area (Å²) in [5.74, 6) is 0. The van der Waals surface area contributed by atoms with Gasteiger partial charge in [-0.2, -0.15) is 0 Å². The van der Waals surface area contributed by atoms with E-state index < -0.39 is 0 Å². The summed E-state index contributed by atoms with van der Waals surface area (Å²) in [5.41, 5.74) is 4.67. The van der Waals surface area contributed by atoms with Crippen molar-refractivity contribution in [3.63, 3.8) is 0 Å². The van der Waals surface area contributed by atoms with Gasteiger partial charge in [0.2, 0.25) is 11.1 Å². The SMILES string of the molecule is [C-]#[N+]/C(C#N)=c1/nc2c(o1)c(-c1ccccc1)cc1cc3cc(-c4ccccc4)c4n/c(=C(\C#N)[N+]#[C-])oc4c3cc12. The first-order valence-corrected chi connectivity index (χ1v) is 12.7. The van der Waals surface area contributed by atoms with Gasteiger partial charge in [0, 0.05) is 21.9 Å². The van der Waals surface area contributed by atoms with Gasteiger partial charge in [-0.25, -0.2) is 30.2 Å². The van der Waals surface area contributed by atoms with Crippen molar-refractivity contribution >= 4 is 55.1 Å². The van der Waals surface area contributed by atoms with Crippen LogP contribution in [0, 0.1) is 35.8 Å². The Morgan fingerprint density at radius 3 is 1.74 bits per heavy atom. The van der Waals surface area contributed by atoms with Gasteiger partial charge in [0.15, 0.2) is 11.2 Å². The first kappa shape index (κ1) is 24.3. The van der Waals surface area contributed by atoms with Crippen LogP contribution >= 0.6 is 0 Å². The fourth-order valence-electron chi connectivity index (χ4n) is 5.20. The normalized spacial score (nSPS) is 12.5. The maximum atomic E-state index is 9.51. The molecule has 42 heavy (non-hydrogen) atoms. The van der Waals surface area contributed by atoms with Gasteiger partial charge in [-0.15, -0.1) is 0 Å². The van der Waals surface area contributed by atoms with Gasteiger partial charge >= 0.3 is 11.4 Å². The molecule has 0 fully saturated rings. The molecule has 8 heteroatoms. The molecule has 0 unspecified atom stereocenters. The number of rotatable bonds is 2. The molecule has 8 nitrogen and oxygen atoms in total. The van der Waals surface area contributed by atoms with E-state index in [0.29, 0.717) is 27.6 Å². The predicted octanol–water partition coefficient (Wildman–Crippen LogP) is 6.71. The molecule has 0 saturated heterocycles. The zero-order chi connectivity index (χ0) is 28.8. The molecule has 7 aromatic rings. The number of oxazole rings is 2. The first-order chi connectivity index (χ1) is 20.6. The van der Waals surface area contributed by atoms with Crippen molar-refractivity contribution in [2.45, 2.75) is 0 Å². The van der Waals surface area contributed by atoms with Gasteiger partial charge in [-0.1, -0.05) is 60.7 Å². The van der Waals surface area contributed by atoms with Crippen LogP contribution in [0.25, 0.3) is 87.1 Å². The highest BCUT2D eigenvalue weighted by molar-refractivity contribution is 6.18. The van der Waals surface area contributed by atoms with Crippen molar-refractivity contribution in [3.05, 3.63) is 119 Å². The Balaban J connectivity index is 1.68. The molecule has 0 atom stereocenters. The topological polar surface area (TPSA) is 108 Å². The third-order valence-electron chi connectivity index (χ3n) is 7.09. The summed E-state index contributed by atoms with van der Waals surface area (Å²) in [5, 5.41) is 22.1. The standard InChI is InChI=1S/C34H14N6O2/c1-37-27(17-35)33-39-29-23(19-9-5-3-6-10-19)14-22-13-21-15-25(20-11-7-4-8-12-20)31-30(24(21)16-26(22)32(29)42-33)40-34(41-31)28(18-36)38-2/h3-16H/b33-27-,34-28-. The maximum Gasteiger partial charge on any atom is 0.322 e. The number of fused-ring (bicyclic) bond motifs is 6. The van der Waals surface area contributed by atoms with Crippen molar-refractivity contribution in [1.82, 2.24) is 9.97 Å². The zero-order valence-corrected chi connectivity index (χ0v) is 21.6. The number of hydrogen-bond donors (Lipinski definition) is 0. The van der Waals surface area contributed by atoms with Crippen LogP contribution in [-0.2, 0) is 0 Å². The number of benzene rings is 5. The van der Waals surface area contributed by atoms with Crippen molar-refractivity contribution in [2.75, 3.05) is 0 Å². The molecule has 0 saturated carbocycles. The van der Waals surface area contributed by atoms with E-state index in [-0.39, 0.29) is 22.5 Å². The highest BCUT2D eigenvalue weighted by Gasteiger charge is 2.20. The van der Waals surface area contributed by atoms with Crippen LogP contribution in [0.1, 0.15) is 0 Å². The second-order valence-electron chi connectivity index (χ2n) is 9.41. The highest BCUT2D eigenvalue weighted by atomic mass is 16.3. The van der Waals surface area contributed by atoms with E-state index >= 15 is 0 Å². The van der Waals surface area contributed by atoms with Crippen molar-refractivity contribution in [3.8, 4) is 34.4 Å². The molecular formula is C34H14N6O2. The molecule has 0 amide bonds. The van der Waals surface area contributed by atoms with E-state index in [1.165, 1.54) is 0 Å². The maximum absolute atomic E-state index is 9.51. The Morgan fingerprint density at radius 2 is 1.14 bits per heavy atom. The van der Waals surface area contributed by atoms with Crippen LogP contribution < -0.4 is 11.1 Å². The van der Waals surface area contributed by atoms with E-state index in [0.717, 1.165) is 38.4 Å². The van der Waals surface area contributed by atoms with Gasteiger partial charge in [0.25, 0.3) is 0 Å². The Kier molecular flexibility index (Phi) is 5.48. The van der Waals surface area contributed by atoms with Crippen LogP contribution in [0.3, 0.4) is 0 Å². The Bertz CT molecular complexity index is 2340. The number of hydrogen-bond acceptors (Lipinski definition) is 6. The number of nitrogens with zero attached hydrogens (tertiary/aromatic N) is 6. The molecule has 2 heterocycles. The monoisotopic (exact) mass is 538 g/mol. The Labute approximate surface area is 237 Å². The van der Waals surface area contributed by atoms with Crippen LogP contribution in [0.4, 0.5) is 0 Å². The van der Waals surface area contributed by atoms with E-state index in [9.17, 15) is 10.5 Å². The van der Waals surface area contributed by atoms with Gasteiger partial charge in [0.1, 0.15) is 11.0 Å². The molecule has 5 aromatic carbocycles. The van der Waals surface area contributed by atoms with Gasteiger partial charge in [0.05, 0.1) is 25.3 Å². The minimum absolute atomic E-state index is 0.0501. The van der Waals surface area contributed by atoms with E-state index in [4.69, 9.17) is 22.0 Å². The second-order valence-corrected chi connectivity index (χ2v) is 9.41. The minimum Gasteiger partial charge on any atom is -0.445 e. The lowest BCUT2D eigenvalue weighted by molar-refractivity contribution is 0.560. The molecular weight excluding hydrogens is 524 g/mol. The Morgan fingerprint density at radius 1 is 0.619 bits per heavy atom. The molecule has 0 radical (unpaired) electrons. The van der Waals surface area contributed by atoms with Crippen LogP contribution in [0.5, 0.6) is 0 Å². The zero-order valence-electron chi connectivity index (χ0n) is 21.6. The fourth-order valence-corrected chi connectivity index (χ4v) is 5.20. The highest BCUT2D eigenvalue weighted by Crippen LogP contribution is 2.39. The molecule has 0 spiro atoms. The van der Waals surface area contributed by atoms with Crippen LogP contribution in [0.2, 0.25) is 0 Å². The molecule has 0 N–H and O–H groups in total. The third kappa shape index (κ3) is 3.66. The summed E-state index contributed by atoms with van der Waals surface area (Å²) >= 11 is 0. The van der Waals surface area contributed by atoms with Crippen LogP contribution in [-0.4, -0.2) is 9.97 Å². The lowest BCUT2D eigenvalue weighted by atomic mass is 9.94. The molecule has 2 aromatic heterocycles. The molecule has 0 aliphatic carbocycles. The lowest BCUT2D eigenvalue weighted by Gasteiger charge is -2.10. The molecule has 192 valence electrons.